The molecule has 0 saturated carbocycles. The summed E-state index contributed by atoms with van der Waals surface area (Å²) in [6.45, 7) is -0.561. The van der Waals surface area contributed by atoms with Crippen molar-refractivity contribution in [2.45, 2.75) is 36.7 Å². The van der Waals surface area contributed by atoms with Gasteiger partial charge in [0.25, 0.3) is 0 Å². The highest BCUT2D eigenvalue weighted by Gasteiger charge is 2.44. The third-order valence-corrected chi connectivity index (χ3v) is 7.03. The van der Waals surface area contributed by atoms with Gasteiger partial charge in [-0.05, 0) is 47.5 Å². The number of hydrogen-bond acceptors (Lipinski definition) is 6. The summed E-state index contributed by atoms with van der Waals surface area (Å²) in [7, 11) is 0. The van der Waals surface area contributed by atoms with Crippen LogP contribution in [0.2, 0.25) is 5.02 Å². The predicted molar refractivity (Wildman–Crippen MR) is 117 cm³/mol. The molecule has 2 aromatic carbocycles. The van der Waals surface area contributed by atoms with Crippen LogP contribution in [0.4, 0.5) is 8.78 Å². The smallest absolute Gasteiger partial charge is 0.161 e. The van der Waals surface area contributed by atoms with Gasteiger partial charge in [0.2, 0.25) is 0 Å². The van der Waals surface area contributed by atoms with Crippen molar-refractivity contribution < 1.29 is 33.9 Å². The van der Waals surface area contributed by atoms with Crippen molar-refractivity contribution in [1.29, 1.82) is 0 Å². The van der Waals surface area contributed by atoms with E-state index < -0.39 is 43.3 Å². The summed E-state index contributed by atoms with van der Waals surface area (Å²) in [6, 6.07) is 13.7. The minimum absolute atomic E-state index is 0.147. The molecule has 1 fully saturated rings. The van der Waals surface area contributed by atoms with Crippen LogP contribution in [-0.2, 0) is 4.74 Å². The Balaban J connectivity index is 1.62. The number of aliphatic hydroxyl groups is 4. The largest absolute Gasteiger partial charge is 0.394 e. The van der Waals surface area contributed by atoms with E-state index in [0.29, 0.717) is 10.4 Å². The molecule has 3 aromatic rings. The monoisotopic (exact) mass is 482 g/mol. The zero-order valence-electron chi connectivity index (χ0n) is 16.6. The summed E-state index contributed by atoms with van der Waals surface area (Å²) >= 11 is 7.46. The molecule has 1 aromatic heterocycles. The van der Waals surface area contributed by atoms with Gasteiger partial charge in [-0.1, -0.05) is 29.8 Å². The van der Waals surface area contributed by atoms with Crippen molar-refractivity contribution in [3.05, 3.63) is 81.4 Å². The van der Waals surface area contributed by atoms with Crippen LogP contribution in [0, 0.1) is 5.82 Å². The zero-order chi connectivity index (χ0) is 23.0. The van der Waals surface area contributed by atoms with E-state index in [9.17, 15) is 24.8 Å². The number of rotatable bonds is 5. The Labute approximate surface area is 192 Å². The van der Waals surface area contributed by atoms with E-state index in [-0.39, 0.29) is 16.4 Å². The quantitative estimate of drug-likeness (QED) is 0.444. The summed E-state index contributed by atoms with van der Waals surface area (Å²) in [5.74, 6) is -0.356. The van der Waals surface area contributed by atoms with E-state index in [0.717, 1.165) is 10.4 Å². The number of hydrogen-bond donors (Lipinski definition) is 4. The number of aliphatic hydroxyl groups excluding tert-OH is 4. The molecule has 4 N–H and O–H groups in total. The van der Waals surface area contributed by atoms with E-state index in [1.807, 2.05) is 0 Å². The van der Waals surface area contributed by atoms with Crippen molar-refractivity contribution >= 4 is 22.9 Å². The van der Waals surface area contributed by atoms with Crippen LogP contribution < -0.4 is 0 Å². The van der Waals surface area contributed by atoms with Crippen LogP contribution >= 0.6 is 22.9 Å². The van der Waals surface area contributed by atoms with Crippen molar-refractivity contribution in [2.24, 2.45) is 0 Å². The second-order valence-electron chi connectivity index (χ2n) is 7.60. The molecule has 32 heavy (non-hydrogen) atoms. The summed E-state index contributed by atoms with van der Waals surface area (Å²) in [5.41, 5.74) is 1.25. The summed E-state index contributed by atoms with van der Waals surface area (Å²) < 4.78 is 34.2. The molecule has 1 aliphatic heterocycles. The van der Waals surface area contributed by atoms with Gasteiger partial charge in [0, 0.05) is 20.3 Å². The standard InChI is InChI=1S/C23H21ClF2O5S/c24-15-6-3-12(23-22(30)21(29)20(28)16(10-27)31-23)9-14(15)19(26)18-8-7-17(32-18)11-1-4-13(25)5-2-11/h1-9,16,19-23,27-30H,10H2. The van der Waals surface area contributed by atoms with E-state index in [2.05, 4.69) is 0 Å². The van der Waals surface area contributed by atoms with Gasteiger partial charge in [-0.2, -0.15) is 0 Å². The number of benzene rings is 2. The number of thiophene rings is 1. The third-order valence-electron chi connectivity index (χ3n) is 5.52. The molecule has 4 rings (SSSR count). The second kappa shape index (κ2) is 9.52. The van der Waals surface area contributed by atoms with Crippen molar-refractivity contribution in [3.8, 4) is 10.4 Å². The van der Waals surface area contributed by atoms with Gasteiger partial charge in [0.1, 0.15) is 36.3 Å². The average Bonchev–Trinajstić information content (AvgIpc) is 3.29. The highest BCUT2D eigenvalue weighted by molar-refractivity contribution is 7.15. The molecule has 9 heteroatoms. The van der Waals surface area contributed by atoms with Crippen LogP contribution in [0.3, 0.4) is 0 Å². The van der Waals surface area contributed by atoms with E-state index in [1.165, 1.54) is 41.7 Å². The number of ether oxygens (including phenoxy) is 1. The van der Waals surface area contributed by atoms with Crippen molar-refractivity contribution in [3.63, 3.8) is 0 Å². The lowest BCUT2D eigenvalue weighted by atomic mass is 9.90. The molecule has 1 saturated heterocycles. The van der Waals surface area contributed by atoms with E-state index in [1.54, 1.807) is 24.3 Å². The zero-order valence-corrected chi connectivity index (χ0v) is 18.2. The van der Waals surface area contributed by atoms with Gasteiger partial charge >= 0.3 is 0 Å². The Bertz CT molecular complexity index is 1070. The second-order valence-corrected chi connectivity index (χ2v) is 9.12. The first-order chi connectivity index (χ1) is 15.3. The predicted octanol–water partition coefficient (Wildman–Crippen LogP) is 3.78. The normalized spacial score (nSPS) is 26.8. The fourth-order valence-electron chi connectivity index (χ4n) is 3.72. The van der Waals surface area contributed by atoms with Gasteiger partial charge in [-0.15, -0.1) is 11.3 Å². The summed E-state index contributed by atoms with van der Waals surface area (Å²) in [4.78, 5) is 1.15. The van der Waals surface area contributed by atoms with Crippen LogP contribution in [0.5, 0.6) is 0 Å². The van der Waals surface area contributed by atoms with Crippen LogP contribution in [0.15, 0.2) is 54.6 Å². The topological polar surface area (TPSA) is 90.2 Å². The van der Waals surface area contributed by atoms with Gasteiger partial charge in [0.05, 0.1) is 6.61 Å². The van der Waals surface area contributed by atoms with E-state index >= 15 is 4.39 Å². The third kappa shape index (κ3) is 4.45. The maximum Gasteiger partial charge on any atom is 0.161 e. The van der Waals surface area contributed by atoms with E-state index in [4.69, 9.17) is 16.3 Å². The Hall–Kier alpha value is -1.91. The highest BCUT2D eigenvalue weighted by Crippen LogP contribution is 2.41. The Morgan fingerprint density at radius 1 is 0.969 bits per heavy atom. The van der Waals surface area contributed by atoms with Gasteiger partial charge in [-0.3, -0.25) is 0 Å². The van der Waals surface area contributed by atoms with Gasteiger partial charge in [-0.25, -0.2) is 8.78 Å². The molecule has 6 atom stereocenters. The average molecular weight is 483 g/mol. The molecule has 170 valence electrons. The van der Waals surface area contributed by atoms with Crippen LogP contribution in [-0.4, -0.2) is 51.4 Å². The molecule has 0 radical (unpaired) electrons. The van der Waals surface area contributed by atoms with Gasteiger partial charge < -0.3 is 25.2 Å². The maximum atomic E-state index is 15.5. The van der Waals surface area contributed by atoms with Crippen LogP contribution in [0.25, 0.3) is 10.4 Å². The summed E-state index contributed by atoms with van der Waals surface area (Å²) in [5, 5.41) is 40.0. The minimum Gasteiger partial charge on any atom is -0.394 e. The Morgan fingerprint density at radius 2 is 1.69 bits per heavy atom. The molecular weight excluding hydrogens is 462 g/mol. The minimum atomic E-state index is -1.58. The molecule has 2 heterocycles. The molecule has 0 amide bonds. The van der Waals surface area contributed by atoms with Crippen molar-refractivity contribution in [2.75, 3.05) is 6.61 Å². The fourth-order valence-corrected chi connectivity index (χ4v) is 4.95. The first-order valence-electron chi connectivity index (χ1n) is 9.89. The number of halogens is 3. The molecular formula is C23H21ClF2O5S. The Morgan fingerprint density at radius 3 is 2.38 bits per heavy atom. The first-order valence-corrected chi connectivity index (χ1v) is 11.1. The first kappa shape index (κ1) is 23.3. The molecule has 6 unspecified atom stereocenters. The van der Waals surface area contributed by atoms with Crippen molar-refractivity contribution in [1.82, 2.24) is 0 Å². The lowest BCUT2D eigenvalue weighted by Crippen LogP contribution is -2.55. The molecule has 0 aliphatic carbocycles. The Kier molecular flexibility index (Phi) is 6.92. The summed E-state index contributed by atoms with van der Waals surface area (Å²) in [6.07, 6.45) is -8.25. The van der Waals surface area contributed by atoms with Crippen LogP contribution in [0.1, 0.15) is 28.3 Å². The lowest BCUT2D eigenvalue weighted by molar-refractivity contribution is -0.231. The highest BCUT2D eigenvalue weighted by atomic mass is 35.5. The molecule has 0 spiro atoms. The maximum absolute atomic E-state index is 15.5. The molecule has 5 nitrogen and oxygen atoms in total. The molecule has 1 aliphatic rings. The SMILES string of the molecule is OCC1OC(c2ccc(Cl)c(C(F)c3ccc(-c4ccc(F)cc4)s3)c2)C(O)C(O)C1O. The number of alkyl halides is 1. The molecule has 0 bridgehead atoms. The lowest BCUT2D eigenvalue weighted by Gasteiger charge is -2.40. The van der Waals surface area contributed by atoms with Gasteiger partial charge in [0.15, 0.2) is 6.17 Å². The fraction of sp³-hybridized carbons (Fsp3) is 0.304.